The van der Waals surface area contributed by atoms with E-state index in [1.807, 2.05) is 24.3 Å². The Morgan fingerprint density at radius 3 is 2.56 bits per heavy atom. The van der Waals surface area contributed by atoms with Gasteiger partial charge in [-0.2, -0.15) is 5.26 Å². The van der Waals surface area contributed by atoms with Gasteiger partial charge in [0.15, 0.2) is 0 Å². The van der Waals surface area contributed by atoms with E-state index in [1.54, 1.807) is 42.9 Å². The van der Waals surface area contributed by atoms with Crippen LogP contribution in [-0.4, -0.2) is 27.1 Å². The van der Waals surface area contributed by atoms with Crippen molar-refractivity contribution in [2.24, 2.45) is 0 Å². The molecular formula is C24H24ClN5O2. The van der Waals surface area contributed by atoms with Gasteiger partial charge in [0.05, 0.1) is 23.2 Å². The maximum absolute atomic E-state index is 12.9. The number of rotatable bonds is 6. The quantitative estimate of drug-likeness (QED) is 0.523. The number of aromatic nitrogens is 2. The summed E-state index contributed by atoms with van der Waals surface area (Å²) in [5.74, 6) is 0.223. The summed E-state index contributed by atoms with van der Waals surface area (Å²) in [5, 5.41) is 25.6. The second-order valence-corrected chi connectivity index (χ2v) is 7.73. The van der Waals surface area contributed by atoms with Gasteiger partial charge in [-0.3, -0.25) is 9.78 Å². The number of hydrogen-bond donors (Lipinski definition) is 3. The van der Waals surface area contributed by atoms with E-state index in [1.165, 1.54) is 0 Å². The first kappa shape index (κ1) is 23.2. The summed E-state index contributed by atoms with van der Waals surface area (Å²) in [5.41, 5.74) is 2.31. The second kappa shape index (κ2) is 10.2. The topological polar surface area (TPSA) is 111 Å². The molecule has 7 nitrogen and oxygen atoms in total. The lowest BCUT2D eigenvalue weighted by molar-refractivity contribution is 0.102. The van der Waals surface area contributed by atoms with Crippen molar-refractivity contribution in [1.82, 2.24) is 9.97 Å². The zero-order valence-corrected chi connectivity index (χ0v) is 18.2. The molecule has 1 aliphatic carbocycles. The molecule has 0 bridgehead atoms. The predicted octanol–water partition coefficient (Wildman–Crippen LogP) is 4.07. The van der Waals surface area contributed by atoms with E-state index in [9.17, 15) is 15.2 Å². The van der Waals surface area contributed by atoms with Gasteiger partial charge >= 0.3 is 0 Å². The molecule has 32 heavy (non-hydrogen) atoms. The largest absolute Gasteiger partial charge is 0.393 e. The minimum atomic E-state index is -0.657. The van der Waals surface area contributed by atoms with Crippen LogP contribution in [-0.2, 0) is 12.0 Å². The predicted molar refractivity (Wildman–Crippen MR) is 125 cm³/mol. The molecular weight excluding hydrogens is 426 g/mol. The first-order valence-corrected chi connectivity index (χ1v) is 10.2. The van der Waals surface area contributed by atoms with Crippen molar-refractivity contribution in [3.8, 4) is 6.07 Å². The van der Waals surface area contributed by atoms with Crippen molar-refractivity contribution >= 4 is 29.8 Å². The van der Waals surface area contributed by atoms with Gasteiger partial charge in [0.25, 0.3) is 5.91 Å². The van der Waals surface area contributed by atoms with Crippen molar-refractivity contribution in [3.63, 3.8) is 0 Å². The molecule has 1 aliphatic rings. The van der Waals surface area contributed by atoms with E-state index in [0.717, 1.165) is 11.1 Å². The third-order valence-corrected chi connectivity index (χ3v) is 5.66. The highest BCUT2D eigenvalue weighted by molar-refractivity contribution is 6.07. The van der Waals surface area contributed by atoms with Gasteiger partial charge in [0.1, 0.15) is 5.82 Å². The molecule has 1 aromatic carbocycles. The zero-order valence-electron chi connectivity index (χ0n) is 17.4. The fourth-order valence-corrected chi connectivity index (χ4v) is 3.93. The van der Waals surface area contributed by atoms with Gasteiger partial charge in [-0.05, 0) is 66.8 Å². The van der Waals surface area contributed by atoms with E-state index in [-0.39, 0.29) is 18.3 Å². The number of nitrogens with one attached hydrogen (secondary N) is 2. The van der Waals surface area contributed by atoms with Crippen LogP contribution in [0, 0.1) is 11.3 Å². The smallest absolute Gasteiger partial charge is 0.259 e. The highest BCUT2D eigenvalue weighted by atomic mass is 35.5. The number of nitriles is 1. The summed E-state index contributed by atoms with van der Waals surface area (Å²) >= 11 is 0. The maximum atomic E-state index is 12.9. The molecule has 8 heteroatoms. The Labute approximate surface area is 192 Å². The van der Waals surface area contributed by atoms with E-state index < -0.39 is 11.5 Å². The lowest BCUT2D eigenvalue weighted by Crippen LogP contribution is -2.21. The minimum absolute atomic E-state index is 0. The van der Waals surface area contributed by atoms with Crippen molar-refractivity contribution in [2.45, 2.75) is 37.3 Å². The van der Waals surface area contributed by atoms with Crippen LogP contribution in [0.25, 0.3) is 0 Å². The molecule has 164 valence electrons. The fourth-order valence-electron chi connectivity index (χ4n) is 3.93. The molecule has 2 heterocycles. The van der Waals surface area contributed by atoms with Crippen LogP contribution in [0.15, 0.2) is 67.1 Å². The maximum Gasteiger partial charge on any atom is 0.259 e. The van der Waals surface area contributed by atoms with Crippen LogP contribution < -0.4 is 10.6 Å². The number of aliphatic hydroxyl groups excluding tert-OH is 1. The number of nitrogens with zero attached hydrogens (tertiary/aromatic N) is 3. The Hall–Kier alpha value is -3.47. The minimum Gasteiger partial charge on any atom is -0.393 e. The first-order valence-electron chi connectivity index (χ1n) is 10.2. The SMILES string of the molecule is Cl.N#C[C@]1(c2ccc(NC(=O)c3cccnc3NCc3ccncc3)cc2)CC[C@H](O)C1. The number of amides is 1. The monoisotopic (exact) mass is 449 g/mol. The average molecular weight is 450 g/mol. The van der Waals surface area contributed by atoms with Crippen molar-refractivity contribution in [2.75, 3.05) is 10.6 Å². The van der Waals surface area contributed by atoms with E-state index in [0.29, 0.717) is 42.9 Å². The molecule has 0 saturated heterocycles. The molecule has 0 unspecified atom stereocenters. The molecule has 0 aliphatic heterocycles. The van der Waals surface area contributed by atoms with E-state index in [4.69, 9.17) is 0 Å². The van der Waals surface area contributed by atoms with Gasteiger partial charge in [0, 0.05) is 30.8 Å². The molecule has 2 atom stereocenters. The molecule has 1 amide bonds. The number of carbonyl (C=O) groups excluding carboxylic acids is 1. The Balaban J connectivity index is 0.00000289. The number of aliphatic hydroxyl groups is 1. The summed E-state index contributed by atoms with van der Waals surface area (Å²) in [6.07, 6.45) is 6.34. The van der Waals surface area contributed by atoms with Crippen LogP contribution in [0.4, 0.5) is 11.5 Å². The Kier molecular flexibility index (Phi) is 7.41. The van der Waals surface area contributed by atoms with Gasteiger partial charge in [0.2, 0.25) is 0 Å². The highest BCUT2D eigenvalue weighted by Crippen LogP contribution is 2.41. The number of benzene rings is 1. The summed E-state index contributed by atoms with van der Waals surface area (Å²) < 4.78 is 0. The summed E-state index contributed by atoms with van der Waals surface area (Å²) in [4.78, 5) is 21.2. The molecule has 4 rings (SSSR count). The first-order chi connectivity index (χ1) is 15.1. The van der Waals surface area contributed by atoms with Crippen LogP contribution >= 0.6 is 12.4 Å². The summed E-state index contributed by atoms with van der Waals surface area (Å²) in [6.45, 7) is 0.524. The lowest BCUT2D eigenvalue weighted by Gasteiger charge is -2.21. The fraction of sp³-hybridized carbons (Fsp3) is 0.250. The van der Waals surface area contributed by atoms with Crippen LogP contribution in [0.2, 0.25) is 0 Å². The number of halogens is 1. The molecule has 2 aromatic heterocycles. The Morgan fingerprint density at radius 2 is 1.91 bits per heavy atom. The van der Waals surface area contributed by atoms with Crippen molar-refractivity contribution < 1.29 is 9.90 Å². The number of hydrogen-bond acceptors (Lipinski definition) is 6. The zero-order chi connectivity index (χ0) is 21.7. The Bertz CT molecular complexity index is 1100. The van der Waals surface area contributed by atoms with E-state index in [2.05, 4.69) is 26.7 Å². The normalized spacial score (nSPS) is 19.4. The lowest BCUT2D eigenvalue weighted by atomic mass is 9.80. The van der Waals surface area contributed by atoms with E-state index >= 15 is 0 Å². The Morgan fingerprint density at radius 1 is 1.16 bits per heavy atom. The molecule has 0 radical (unpaired) electrons. The molecule has 3 aromatic rings. The van der Waals surface area contributed by atoms with Gasteiger partial charge < -0.3 is 15.7 Å². The number of pyridine rings is 2. The summed E-state index contributed by atoms with van der Waals surface area (Å²) in [7, 11) is 0. The molecule has 1 saturated carbocycles. The van der Waals surface area contributed by atoms with Crippen molar-refractivity contribution in [3.05, 3.63) is 83.8 Å². The summed E-state index contributed by atoms with van der Waals surface area (Å²) in [6, 6.07) is 16.9. The average Bonchev–Trinajstić information content (AvgIpc) is 3.21. The second-order valence-electron chi connectivity index (χ2n) is 7.73. The third-order valence-electron chi connectivity index (χ3n) is 5.66. The van der Waals surface area contributed by atoms with Crippen LogP contribution in [0.5, 0.6) is 0 Å². The van der Waals surface area contributed by atoms with Crippen LogP contribution in [0.3, 0.4) is 0 Å². The van der Waals surface area contributed by atoms with Crippen molar-refractivity contribution in [1.29, 1.82) is 5.26 Å². The third kappa shape index (κ3) is 5.05. The molecule has 3 N–H and O–H groups in total. The standard InChI is InChI=1S/C24H23N5O2.ClH/c25-16-24(10-7-20(30)14-24)18-3-5-19(6-4-18)29-23(31)21-2-1-11-27-22(21)28-15-17-8-12-26-13-9-17;/h1-6,8-9,11-13,20,30H,7,10,14-15H2,(H,27,28)(H,29,31);1H/t20-,24-;/m0./s1. The highest BCUT2D eigenvalue weighted by Gasteiger charge is 2.40. The number of carbonyl (C=O) groups is 1. The number of anilines is 2. The molecule has 1 fully saturated rings. The van der Waals surface area contributed by atoms with Crippen LogP contribution in [0.1, 0.15) is 40.7 Å². The van der Waals surface area contributed by atoms with Gasteiger partial charge in [-0.25, -0.2) is 4.98 Å². The molecule has 0 spiro atoms. The van der Waals surface area contributed by atoms with Gasteiger partial charge in [-0.15, -0.1) is 12.4 Å². The van der Waals surface area contributed by atoms with Gasteiger partial charge in [-0.1, -0.05) is 12.1 Å².